The summed E-state index contributed by atoms with van der Waals surface area (Å²) in [5.74, 6) is -2.73. The van der Waals surface area contributed by atoms with Crippen molar-refractivity contribution in [2.45, 2.75) is 50.8 Å². The number of fused-ring (bicyclic) bond motifs is 1. The standard InChI is InChI=1S/C29H37ClF2N6O4Si/c1-36-9-11-37(12-10-36)27(39)29(6-7-29)35-28(40)34-19-15-21(31)25(22(32)16-19)42-23-5-8-33-26-24(23)20(30)17-38(26)18-41-13-14-43(2,3)4/h5,8,15-17H,6-7,9-14,18H2,1-4H3,(H2,34,35,40). The van der Waals surface area contributed by atoms with Gasteiger partial charge in [0.1, 0.15) is 23.7 Å². The number of urea groups is 1. The molecule has 2 fully saturated rings. The molecule has 3 aromatic rings. The molecule has 232 valence electrons. The minimum Gasteiger partial charge on any atom is -0.450 e. The fourth-order valence-corrected chi connectivity index (χ4v) is 5.96. The number of benzene rings is 1. The predicted molar refractivity (Wildman–Crippen MR) is 163 cm³/mol. The fraction of sp³-hybridized carbons (Fsp3) is 0.483. The lowest BCUT2D eigenvalue weighted by Crippen LogP contribution is -2.56. The van der Waals surface area contributed by atoms with Crippen LogP contribution in [-0.4, -0.2) is 84.7 Å². The maximum Gasteiger partial charge on any atom is 0.320 e. The number of piperazine rings is 1. The van der Waals surface area contributed by atoms with Crippen LogP contribution in [0.25, 0.3) is 11.0 Å². The second-order valence-electron chi connectivity index (χ2n) is 12.4. The molecular formula is C29H37ClF2N6O4Si. The first-order valence-corrected chi connectivity index (χ1v) is 18.4. The first-order valence-electron chi connectivity index (χ1n) is 14.3. The smallest absolute Gasteiger partial charge is 0.320 e. The summed E-state index contributed by atoms with van der Waals surface area (Å²) in [6.07, 6.45) is 4.12. The lowest BCUT2D eigenvalue weighted by molar-refractivity contribution is -0.135. The highest BCUT2D eigenvalue weighted by Gasteiger charge is 2.53. The van der Waals surface area contributed by atoms with Crippen LogP contribution in [0.15, 0.2) is 30.6 Å². The van der Waals surface area contributed by atoms with Crippen LogP contribution in [0.3, 0.4) is 0 Å². The number of nitrogens with one attached hydrogen (secondary N) is 2. The molecule has 2 aromatic heterocycles. The molecule has 3 amide bonds. The third kappa shape index (κ3) is 7.28. The molecule has 0 bridgehead atoms. The number of carbonyl (C=O) groups excluding carboxylic acids is 2. The Balaban J connectivity index is 1.25. The molecule has 1 aromatic carbocycles. The van der Waals surface area contributed by atoms with Crippen molar-refractivity contribution >= 4 is 48.3 Å². The van der Waals surface area contributed by atoms with E-state index >= 15 is 8.78 Å². The molecule has 5 rings (SSSR count). The van der Waals surface area contributed by atoms with Gasteiger partial charge in [-0.05, 0) is 32.0 Å². The van der Waals surface area contributed by atoms with Crippen molar-refractivity contribution < 1.29 is 27.8 Å². The number of likely N-dealkylation sites (N-methyl/N-ethyl adjacent to an activating group) is 1. The number of hydrogen-bond donors (Lipinski definition) is 2. The molecule has 2 N–H and O–H groups in total. The van der Waals surface area contributed by atoms with Crippen molar-refractivity contribution in [2.24, 2.45) is 0 Å². The highest BCUT2D eigenvalue weighted by Crippen LogP contribution is 2.39. The van der Waals surface area contributed by atoms with Crippen LogP contribution < -0.4 is 15.4 Å². The molecular weight excluding hydrogens is 598 g/mol. The Bertz CT molecular complexity index is 1500. The molecule has 0 unspecified atom stereocenters. The van der Waals surface area contributed by atoms with Crippen LogP contribution >= 0.6 is 11.6 Å². The van der Waals surface area contributed by atoms with E-state index in [1.54, 1.807) is 15.7 Å². The molecule has 3 heterocycles. The van der Waals surface area contributed by atoms with Crippen molar-refractivity contribution in [3.63, 3.8) is 0 Å². The van der Waals surface area contributed by atoms with Gasteiger partial charge in [0, 0.05) is 71.1 Å². The number of ether oxygens (including phenoxy) is 2. The average Bonchev–Trinajstić information content (AvgIpc) is 3.64. The van der Waals surface area contributed by atoms with Gasteiger partial charge in [0.25, 0.3) is 0 Å². The molecule has 2 aliphatic rings. The molecule has 1 saturated carbocycles. The van der Waals surface area contributed by atoms with Crippen molar-refractivity contribution in [2.75, 3.05) is 45.2 Å². The highest BCUT2D eigenvalue weighted by atomic mass is 35.5. The number of pyridine rings is 1. The number of halogens is 3. The second kappa shape index (κ2) is 12.4. The Labute approximate surface area is 255 Å². The average molecular weight is 635 g/mol. The Morgan fingerprint density at radius 1 is 1.12 bits per heavy atom. The lowest BCUT2D eigenvalue weighted by atomic mass is 10.2. The minimum atomic E-state index is -1.25. The monoisotopic (exact) mass is 634 g/mol. The molecule has 14 heteroatoms. The Morgan fingerprint density at radius 3 is 2.42 bits per heavy atom. The summed E-state index contributed by atoms with van der Waals surface area (Å²) in [6, 6.07) is 3.66. The summed E-state index contributed by atoms with van der Waals surface area (Å²) in [5, 5.41) is 5.83. The minimum absolute atomic E-state index is 0.116. The van der Waals surface area contributed by atoms with Crippen molar-refractivity contribution in [3.8, 4) is 11.5 Å². The summed E-state index contributed by atoms with van der Waals surface area (Å²) in [7, 11) is 0.740. The van der Waals surface area contributed by atoms with Gasteiger partial charge in [-0.25, -0.2) is 18.6 Å². The molecule has 1 aliphatic heterocycles. The van der Waals surface area contributed by atoms with E-state index in [4.69, 9.17) is 21.1 Å². The molecule has 43 heavy (non-hydrogen) atoms. The van der Waals surface area contributed by atoms with Crippen LogP contribution in [0, 0.1) is 11.6 Å². The van der Waals surface area contributed by atoms with Gasteiger partial charge in [0.05, 0.1) is 10.4 Å². The third-order valence-electron chi connectivity index (χ3n) is 7.67. The lowest BCUT2D eigenvalue weighted by Gasteiger charge is -2.35. The van der Waals surface area contributed by atoms with E-state index in [1.165, 1.54) is 12.3 Å². The largest absolute Gasteiger partial charge is 0.450 e. The molecule has 0 spiro atoms. The maximum atomic E-state index is 15.1. The number of rotatable bonds is 10. The first kappa shape index (κ1) is 31.2. The van der Waals surface area contributed by atoms with E-state index in [2.05, 4.69) is 40.2 Å². The van der Waals surface area contributed by atoms with Crippen molar-refractivity contribution in [1.29, 1.82) is 0 Å². The maximum absolute atomic E-state index is 15.1. The predicted octanol–water partition coefficient (Wildman–Crippen LogP) is 5.50. The number of aromatic nitrogens is 2. The van der Waals surface area contributed by atoms with E-state index in [1.807, 2.05) is 7.05 Å². The van der Waals surface area contributed by atoms with Gasteiger partial charge in [-0.2, -0.15) is 0 Å². The molecule has 0 atom stereocenters. The Hall–Kier alpha value is -3.26. The van der Waals surface area contributed by atoms with E-state index in [-0.39, 0.29) is 24.1 Å². The quantitative estimate of drug-likeness (QED) is 0.226. The zero-order valence-corrected chi connectivity index (χ0v) is 26.6. The van der Waals surface area contributed by atoms with Crippen LogP contribution in [0.5, 0.6) is 11.5 Å². The van der Waals surface area contributed by atoms with Crippen LogP contribution in [0.1, 0.15) is 12.8 Å². The van der Waals surface area contributed by atoms with Crippen LogP contribution in [-0.2, 0) is 16.3 Å². The number of hydrogen-bond acceptors (Lipinski definition) is 6. The van der Waals surface area contributed by atoms with Crippen LogP contribution in [0.4, 0.5) is 19.3 Å². The number of carbonyl (C=O) groups is 2. The Kier molecular flexibility index (Phi) is 8.98. The number of anilines is 1. The topological polar surface area (TPSA) is 101 Å². The molecule has 1 saturated heterocycles. The second-order valence-corrected chi connectivity index (χ2v) is 18.5. The third-order valence-corrected chi connectivity index (χ3v) is 9.66. The van der Waals surface area contributed by atoms with Gasteiger partial charge >= 0.3 is 6.03 Å². The van der Waals surface area contributed by atoms with Gasteiger partial charge in [-0.15, -0.1) is 0 Å². The van der Waals surface area contributed by atoms with E-state index in [0.29, 0.717) is 48.6 Å². The van der Waals surface area contributed by atoms with E-state index < -0.39 is 37.0 Å². The molecule has 0 radical (unpaired) electrons. The highest BCUT2D eigenvalue weighted by molar-refractivity contribution is 6.76. The SMILES string of the molecule is CN1CCN(C(=O)C2(NC(=O)Nc3cc(F)c(Oc4ccnc5c4c(Cl)cn5COCC[Si](C)(C)C)c(F)c3)CC2)CC1. The first-order chi connectivity index (χ1) is 20.3. The summed E-state index contributed by atoms with van der Waals surface area (Å²) in [4.78, 5) is 34.0. The summed E-state index contributed by atoms with van der Waals surface area (Å²) in [6.45, 7) is 10.3. The van der Waals surface area contributed by atoms with E-state index in [0.717, 1.165) is 31.3 Å². The van der Waals surface area contributed by atoms with Crippen molar-refractivity contribution in [3.05, 3.63) is 47.2 Å². The number of amides is 3. The summed E-state index contributed by atoms with van der Waals surface area (Å²) < 4.78 is 43.5. The van der Waals surface area contributed by atoms with Gasteiger partial charge in [0.15, 0.2) is 17.4 Å². The molecule has 10 nitrogen and oxygen atoms in total. The number of nitrogens with zero attached hydrogens (tertiary/aromatic N) is 4. The van der Waals surface area contributed by atoms with Gasteiger partial charge < -0.3 is 34.5 Å². The van der Waals surface area contributed by atoms with Gasteiger partial charge in [-0.3, -0.25) is 4.79 Å². The van der Waals surface area contributed by atoms with Gasteiger partial charge in [0.2, 0.25) is 5.91 Å². The molecule has 1 aliphatic carbocycles. The normalized spacial score (nSPS) is 16.8. The van der Waals surface area contributed by atoms with Gasteiger partial charge in [-0.1, -0.05) is 31.2 Å². The van der Waals surface area contributed by atoms with Crippen molar-refractivity contribution in [1.82, 2.24) is 24.7 Å². The zero-order valence-electron chi connectivity index (χ0n) is 24.8. The Morgan fingerprint density at radius 2 is 1.79 bits per heavy atom. The fourth-order valence-electron chi connectivity index (χ4n) is 4.91. The zero-order chi connectivity index (χ0) is 30.9. The van der Waals surface area contributed by atoms with Crippen LogP contribution in [0.2, 0.25) is 30.7 Å². The van der Waals surface area contributed by atoms with E-state index in [9.17, 15) is 9.59 Å². The summed E-state index contributed by atoms with van der Waals surface area (Å²) in [5.41, 5.74) is -0.657. The summed E-state index contributed by atoms with van der Waals surface area (Å²) >= 11 is 6.47.